The summed E-state index contributed by atoms with van der Waals surface area (Å²) in [5.41, 5.74) is 16.8. The molecular weight excluding hydrogens is 761 g/mol. The first-order valence-corrected chi connectivity index (χ1v) is 21.6. The van der Waals surface area contributed by atoms with Crippen molar-refractivity contribution in [3.8, 4) is 67.3 Å². The molecular formula is C61H40N2. The summed E-state index contributed by atoms with van der Waals surface area (Å²) in [7, 11) is 0. The van der Waals surface area contributed by atoms with Gasteiger partial charge in [-0.1, -0.05) is 224 Å². The Kier molecular flexibility index (Phi) is 8.76. The minimum Gasteiger partial charge on any atom is -0.228 e. The fraction of sp³-hybridized carbons (Fsp3) is 0.0164. The lowest BCUT2D eigenvalue weighted by Gasteiger charge is -2.34. The van der Waals surface area contributed by atoms with Crippen LogP contribution in [0.3, 0.4) is 0 Å². The maximum Gasteiger partial charge on any atom is 0.160 e. The van der Waals surface area contributed by atoms with Crippen molar-refractivity contribution in [2.24, 2.45) is 0 Å². The minimum atomic E-state index is -0.544. The minimum absolute atomic E-state index is 0.544. The van der Waals surface area contributed by atoms with E-state index in [1.54, 1.807) is 0 Å². The molecule has 12 rings (SSSR count). The molecule has 294 valence electrons. The summed E-state index contributed by atoms with van der Waals surface area (Å²) in [4.78, 5) is 10.5. The third kappa shape index (κ3) is 6.02. The quantitative estimate of drug-likeness (QED) is 0.160. The number of benzene rings is 10. The normalized spacial score (nSPS) is 12.6. The van der Waals surface area contributed by atoms with Crippen LogP contribution in [-0.2, 0) is 5.41 Å². The van der Waals surface area contributed by atoms with Gasteiger partial charge in [0, 0.05) is 16.7 Å². The summed E-state index contributed by atoms with van der Waals surface area (Å²) in [6.45, 7) is 0. The fourth-order valence-corrected chi connectivity index (χ4v) is 10.1. The van der Waals surface area contributed by atoms with Gasteiger partial charge in [0.2, 0.25) is 0 Å². The summed E-state index contributed by atoms with van der Waals surface area (Å²) in [6, 6.07) is 87.9. The van der Waals surface area contributed by atoms with Gasteiger partial charge in [-0.3, -0.25) is 0 Å². The lowest BCUT2D eigenvalue weighted by atomic mass is 9.67. The number of nitrogens with zero attached hydrogens (tertiary/aromatic N) is 2. The summed E-state index contributed by atoms with van der Waals surface area (Å²) < 4.78 is 0. The Morgan fingerprint density at radius 3 is 1.56 bits per heavy atom. The van der Waals surface area contributed by atoms with E-state index < -0.39 is 5.41 Å². The molecule has 1 aliphatic carbocycles. The van der Waals surface area contributed by atoms with Gasteiger partial charge >= 0.3 is 0 Å². The van der Waals surface area contributed by atoms with Gasteiger partial charge < -0.3 is 0 Å². The number of hydrogen-bond donors (Lipinski definition) is 0. The van der Waals surface area contributed by atoms with E-state index in [1.807, 2.05) is 18.2 Å². The lowest BCUT2D eigenvalue weighted by molar-refractivity contribution is 0.769. The van der Waals surface area contributed by atoms with Gasteiger partial charge in [-0.05, 0) is 95.4 Å². The van der Waals surface area contributed by atoms with Crippen molar-refractivity contribution in [1.29, 1.82) is 0 Å². The van der Waals surface area contributed by atoms with Crippen LogP contribution >= 0.6 is 0 Å². The van der Waals surface area contributed by atoms with E-state index in [0.29, 0.717) is 5.82 Å². The van der Waals surface area contributed by atoms with Gasteiger partial charge in [-0.15, -0.1) is 0 Å². The van der Waals surface area contributed by atoms with Crippen LogP contribution in [0, 0.1) is 0 Å². The Hall–Kier alpha value is -8.20. The first-order chi connectivity index (χ1) is 31.2. The highest BCUT2D eigenvalue weighted by Crippen LogP contribution is 2.59. The van der Waals surface area contributed by atoms with Crippen LogP contribution in [0.25, 0.3) is 88.8 Å². The summed E-state index contributed by atoms with van der Waals surface area (Å²) >= 11 is 0. The summed E-state index contributed by atoms with van der Waals surface area (Å²) in [5, 5.41) is 4.71. The first-order valence-electron chi connectivity index (χ1n) is 21.6. The van der Waals surface area contributed by atoms with Gasteiger partial charge in [-0.2, -0.15) is 0 Å². The van der Waals surface area contributed by atoms with Crippen molar-refractivity contribution >= 4 is 21.5 Å². The van der Waals surface area contributed by atoms with Crippen LogP contribution in [0.15, 0.2) is 243 Å². The SMILES string of the molecule is c1ccc(-c2nc(-c3ccc4ccccc4c3)cc(-c3ccc(-c4ccc5c(c4)C(c4ccccc4)(c4ccccc4)c4cccc(-c6ccccc6)c4-5)c4ccccc34)n2)cc1. The summed E-state index contributed by atoms with van der Waals surface area (Å²) in [5.74, 6) is 0.704. The monoisotopic (exact) mass is 800 g/mol. The van der Waals surface area contributed by atoms with Gasteiger partial charge in [0.25, 0.3) is 0 Å². The number of hydrogen-bond acceptors (Lipinski definition) is 2. The van der Waals surface area contributed by atoms with Crippen molar-refractivity contribution < 1.29 is 0 Å². The van der Waals surface area contributed by atoms with Crippen LogP contribution in [0.4, 0.5) is 0 Å². The topological polar surface area (TPSA) is 25.8 Å². The molecule has 0 fully saturated rings. The average molecular weight is 801 g/mol. The number of fused-ring (bicyclic) bond motifs is 5. The molecule has 2 heteroatoms. The van der Waals surface area contributed by atoms with E-state index in [-0.39, 0.29) is 0 Å². The van der Waals surface area contributed by atoms with Crippen molar-refractivity contribution in [3.63, 3.8) is 0 Å². The molecule has 0 aliphatic heterocycles. The molecule has 0 spiro atoms. The predicted molar refractivity (Wildman–Crippen MR) is 262 cm³/mol. The van der Waals surface area contributed by atoms with E-state index in [0.717, 1.165) is 33.5 Å². The summed E-state index contributed by atoms with van der Waals surface area (Å²) in [6.07, 6.45) is 0. The molecule has 0 saturated heterocycles. The van der Waals surface area contributed by atoms with E-state index in [9.17, 15) is 0 Å². The molecule has 11 aromatic rings. The third-order valence-electron chi connectivity index (χ3n) is 13.0. The standard InChI is InChI=1S/C61H40N2/c1-5-19-42(20-6-1)50-30-17-31-55-59(50)54-35-34-45(39-56(54)61(55,47-24-9-3-10-25-47)48-26-11-4-12-27-48)49-36-37-53(52-29-16-15-28-51(49)52)58-40-57(62-60(63-58)43-21-7-2-8-22-43)46-33-32-41-18-13-14-23-44(41)38-46/h1-40H. The van der Waals surface area contributed by atoms with Crippen molar-refractivity contribution in [3.05, 3.63) is 265 Å². The second kappa shape index (κ2) is 15.1. The van der Waals surface area contributed by atoms with E-state index in [4.69, 9.17) is 9.97 Å². The van der Waals surface area contributed by atoms with Crippen LogP contribution in [-0.4, -0.2) is 9.97 Å². The van der Waals surface area contributed by atoms with E-state index in [2.05, 4.69) is 224 Å². The van der Waals surface area contributed by atoms with Gasteiger partial charge in [0.15, 0.2) is 5.82 Å². The number of aromatic nitrogens is 2. The lowest BCUT2D eigenvalue weighted by Crippen LogP contribution is -2.28. The van der Waals surface area contributed by atoms with Crippen LogP contribution in [0.1, 0.15) is 22.3 Å². The van der Waals surface area contributed by atoms with Crippen LogP contribution in [0.2, 0.25) is 0 Å². The average Bonchev–Trinajstić information content (AvgIpc) is 3.67. The first kappa shape index (κ1) is 36.6. The van der Waals surface area contributed by atoms with Crippen LogP contribution in [0.5, 0.6) is 0 Å². The zero-order valence-corrected chi connectivity index (χ0v) is 34.5. The van der Waals surface area contributed by atoms with Crippen LogP contribution < -0.4 is 0 Å². The Morgan fingerprint density at radius 2 is 0.841 bits per heavy atom. The highest BCUT2D eigenvalue weighted by Gasteiger charge is 2.47. The molecule has 1 heterocycles. The third-order valence-corrected chi connectivity index (χ3v) is 13.0. The smallest absolute Gasteiger partial charge is 0.160 e. The molecule has 0 N–H and O–H groups in total. The molecule has 0 saturated carbocycles. The number of rotatable bonds is 7. The zero-order valence-electron chi connectivity index (χ0n) is 34.5. The fourth-order valence-electron chi connectivity index (χ4n) is 10.1. The Balaban J connectivity index is 1.07. The molecule has 0 bridgehead atoms. The maximum atomic E-state index is 5.29. The molecule has 10 aromatic carbocycles. The van der Waals surface area contributed by atoms with E-state index in [1.165, 1.54) is 71.8 Å². The molecule has 1 aromatic heterocycles. The Labute approximate surface area is 367 Å². The molecule has 63 heavy (non-hydrogen) atoms. The van der Waals surface area contributed by atoms with Crippen molar-refractivity contribution in [1.82, 2.24) is 9.97 Å². The van der Waals surface area contributed by atoms with Crippen molar-refractivity contribution in [2.45, 2.75) is 5.41 Å². The maximum absolute atomic E-state index is 5.29. The molecule has 0 atom stereocenters. The Bertz CT molecular complexity index is 3450. The highest BCUT2D eigenvalue weighted by atomic mass is 14.9. The second-order valence-electron chi connectivity index (χ2n) is 16.4. The van der Waals surface area contributed by atoms with Gasteiger partial charge in [0.05, 0.1) is 16.8 Å². The molecule has 1 aliphatic rings. The van der Waals surface area contributed by atoms with Gasteiger partial charge in [0.1, 0.15) is 0 Å². The largest absolute Gasteiger partial charge is 0.228 e. The highest BCUT2D eigenvalue weighted by molar-refractivity contribution is 6.06. The molecule has 0 unspecified atom stereocenters. The molecule has 2 nitrogen and oxygen atoms in total. The Morgan fingerprint density at radius 1 is 0.286 bits per heavy atom. The predicted octanol–water partition coefficient (Wildman–Crippen LogP) is 15.5. The van der Waals surface area contributed by atoms with Gasteiger partial charge in [-0.25, -0.2) is 9.97 Å². The van der Waals surface area contributed by atoms with E-state index >= 15 is 0 Å². The van der Waals surface area contributed by atoms with Crippen molar-refractivity contribution in [2.75, 3.05) is 0 Å². The molecule has 0 radical (unpaired) electrons. The second-order valence-corrected chi connectivity index (χ2v) is 16.4. The molecule has 0 amide bonds. The zero-order chi connectivity index (χ0) is 41.7.